The first-order valence-corrected chi connectivity index (χ1v) is 4.36. The summed E-state index contributed by atoms with van der Waals surface area (Å²) in [5.74, 6) is -0.296. The van der Waals surface area contributed by atoms with Crippen LogP contribution in [0.25, 0.3) is 5.70 Å². The fourth-order valence-electron chi connectivity index (χ4n) is 1.32. The van der Waals surface area contributed by atoms with E-state index in [1.165, 1.54) is 12.1 Å². The van der Waals surface area contributed by atoms with E-state index in [1.54, 1.807) is 18.3 Å². The minimum absolute atomic E-state index is 0.255. The van der Waals surface area contributed by atoms with Gasteiger partial charge in [-0.15, -0.1) is 0 Å². The van der Waals surface area contributed by atoms with Gasteiger partial charge in [0.1, 0.15) is 5.82 Å². The van der Waals surface area contributed by atoms with E-state index in [0.29, 0.717) is 5.70 Å². The van der Waals surface area contributed by atoms with Crippen molar-refractivity contribution in [2.75, 3.05) is 6.54 Å². The monoisotopic (exact) mass is 196 g/mol. The number of alkyl halides is 1. The molecule has 1 aliphatic heterocycles. The normalized spacial score (nSPS) is 20.7. The van der Waals surface area contributed by atoms with E-state index in [-0.39, 0.29) is 12.4 Å². The van der Waals surface area contributed by atoms with Crippen LogP contribution in [0.1, 0.15) is 5.56 Å². The summed E-state index contributed by atoms with van der Waals surface area (Å²) in [7, 11) is 0. The molecule has 0 fully saturated rings. The fraction of sp³-hybridized carbons (Fsp3) is 0.200. The maximum Gasteiger partial charge on any atom is 0.187 e. The van der Waals surface area contributed by atoms with Crippen LogP contribution in [0.2, 0.25) is 0 Å². The van der Waals surface area contributed by atoms with Crippen molar-refractivity contribution in [3.05, 3.63) is 41.8 Å². The second-order valence-electron chi connectivity index (χ2n) is 3.09. The quantitative estimate of drug-likeness (QED) is 0.667. The lowest BCUT2D eigenvalue weighted by Crippen LogP contribution is -2.37. The van der Waals surface area contributed by atoms with Crippen LogP contribution in [-0.2, 0) is 0 Å². The lowest BCUT2D eigenvalue weighted by atomic mass is 10.1. The molecule has 2 nitrogen and oxygen atoms in total. The van der Waals surface area contributed by atoms with E-state index in [9.17, 15) is 8.78 Å². The molecule has 1 unspecified atom stereocenters. The van der Waals surface area contributed by atoms with Crippen LogP contribution in [0.3, 0.4) is 0 Å². The molecule has 74 valence electrons. The smallest absolute Gasteiger partial charge is 0.187 e. The van der Waals surface area contributed by atoms with E-state index < -0.39 is 6.30 Å². The zero-order chi connectivity index (χ0) is 9.97. The maximum atomic E-state index is 12.9. The molecule has 0 saturated carbocycles. The highest BCUT2D eigenvalue weighted by molar-refractivity contribution is 5.64. The first kappa shape index (κ1) is 8.99. The maximum absolute atomic E-state index is 12.9. The van der Waals surface area contributed by atoms with Gasteiger partial charge < -0.3 is 10.6 Å². The molecule has 0 bridgehead atoms. The third-order valence-corrected chi connectivity index (χ3v) is 2.01. The van der Waals surface area contributed by atoms with E-state index in [0.717, 1.165) is 5.56 Å². The van der Waals surface area contributed by atoms with Gasteiger partial charge in [0, 0.05) is 6.20 Å². The molecular formula is C10H10F2N2. The summed E-state index contributed by atoms with van der Waals surface area (Å²) >= 11 is 0. The molecule has 0 aliphatic carbocycles. The molecule has 1 aliphatic rings. The van der Waals surface area contributed by atoms with Gasteiger partial charge >= 0.3 is 0 Å². The van der Waals surface area contributed by atoms with Crippen molar-refractivity contribution in [3.8, 4) is 0 Å². The van der Waals surface area contributed by atoms with Gasteiger partial charge in [0.05, 0.1) is 12.2 Å². The highest BCUT2D eigenvalue weighted by atomic mass is 19.1. The number of hydrogen-bond acceptors (Lipinski definition) is 2. The van der Waals surface area contributed by atoms with Gasteiger partial charge in [0.2, 0.25) is 0 Å². The summed E-state index contributed by atoms with van der Waals surface area (Å²) in [6, 6.07) is 5.90. The van der Waals surface area contributed by atoms with Gasteiger partial charge in [0.25, 0.3) is 0 Å². The van der Waals surface area contributed by atoms with Gasteiger partial charge in [-0.1, -0.05) is 0 Å². The second kappa shape index (κ2) is 3.65. The van der Waals surface area contributed by atoms with E-state index >= 15 is 0 Å². The molecule has 0 spiro atoms. The minimum atomic E-state index is -1.10. The topological polar surface area (TPSA) is 24.1 Å². The predicted molar refractivity (Wildman–Crippen MR) is 50.4 cm³/mol. The van der Waals surface area contributed by atoms with Gasteiger partial charge in [-0.2, -0.15) is 0 Å². The van der Waals surface area contributed by atoms with Crippen molar-refractivity contribution in [2.24, 2.45) is 0 Å². The lowest BCUT2D eigenvalue weighted by molar-refractivity contribution is 0.295. The number of nitrogens with one attached hydrogen (secondary N) is 2. The zero-order valence-corrected chi connectivity index (χ0v) is 7.43. The molecule has 14 heavy (non-hydrogen) atoms. The highest BCUT2D eigenvalue weighted by Crippen LogP contribution is 2.14. The lowest BCUT2D eigenvalue weighted by Gasteiger charge is -2.20. The summed E-state index contributed by atoms with van der Waals surface area (Å²) in [4.78, 5) is 0. The summed E-state index contributed by atoms with van der Waals surface area (Å²) < 4.78 is 25.5. The van der Waals surface area contributed by atoms with Crippen molar-refractivity contribution in [1.82, 2.24) is 10.6 Å². The first-order valence-electron chi connectivity index (χ1n) is 4.36. The van der Waals surface area contributed by atoms with Gasteiger partial charge in [0.15, 0.2) is 6.30 Å². The number of benzene rings is 1. The van der Waals surface area contributed by atoms with Gasteiger partial charge in [-0.25, -0.2) is 8.78 Å². The molecule has 1 heterocycles. The number of hydrogen-bond donors (Lipinski definition) is 2. The van der Waals surface area contributed by atoms with E-state index in [4.69, 9.17) is 0 Å². The third-order valence-electron chi connectivity index (χ3n) is 2.01. The highest BCUT2D eigenvalue weighted by Gasteiger charge is 2.12. The van der Waals surface area contributed by atoms with Crippen LogP contribution in [0.15, 0.2) is 30.5 Å². The summed E-state index contributed by atoms with van der Waals surface area (Å²) in [6.45, 7) is 0.255. The molecule has 1 atom stereocenters. The molecule has 4 heteroatoms. The molecule has 2 rings (SSSR count). The minimum Gasteiger partial charge on any atom is -0.384 e. The first-order chi connectivity index (χ1) is 6.75. The fourth-order valence-corrected chi connectivity index (χ4v) is 1.32. The average Bonchev–Trinajstić information content (AvgIpc) is 2.19. The van der Waals surface area contributed by atoms with Crippen molar-refractivity contribution in [1.29, 1.82) is 0 Å². The SMILES string of the molecule is Fc1ccc(C2=CNCC(F)N2)cc1. The van der Waals surface area contributed by atoms with Crippen molar-refractivity contribution in [3.63, 3.8) is 0 Å². The van der Waals surface area contributed by atoms with Crippen molar-refractivity contribution >= 4 is 5.70 Å². The largest absolute Gasteiger partial charge is 0.384 e. The molecule has 0 amide bonds. The summed E-state index contributed by atoms with van der Waals surface area (Å²) in [5, 5.41) is 5.47. The van der Waals surface area contributed by atoms with Crippen molar-refractivity contribution < 1.29 is 8.78 Å². The van der Waals surface area contributed by atoms with Crippen LogP contribution in [0, 0.1) is 5.82 Å². The summed E-state index contributed by atoms with van der Waals surface area (Å²) in [5.41, 5.74) is 1.41. The molecule has 0 saturated heterocycles. The molecule has 0 aromatic heterocycles. The third kappa shape index (κ3) is 1.84. The Morgan fingerprint density at radius 3 is 2.57 bits per heavy atom. The summed E-state index contributed by atoms with van der Waals surface area (Å²) in [6.07, 6.45) is 0.587. The van der Waals surface area contributed by atoms with Crippen LogP contribution >= 0.6 is 0 Å². The molecule has 1 aromatic rings. The van der Waals surface area contributed by atoms with Crippen LogP contribution in [-0.4, -0.2) is 12.8 Å². The molecule has 1 aromatic carbocycles. The Hall–Kier alpha value is -1.58. The zero-order valence-electron chi connectivity index (χ0n) is 7.43. The molecule has 0 radical (unpaired) electrons. The van der Waals surface area contributed by atoms with Gasteiger partial charge in [-0.05, 0) is 29.8 Å². The predicted octanol–water partition coefficient (Wildman–Crippen LogP) is 1.61. The Labute approximate surface area is 80.6 Å². The Bertz CT molecular complexity index is 346. The van der Waals surface area contributed by atoms with Crippen molar-refractivity contribution in [2.45, 2.75) is 6.30 Å². The molecule has 2 N–H and O–H groups in total. The Balaban J connectivity index is 2.22. The van der Waals surface area contributed by atoms with E-state index in [1.807, 2.05) is 0 Å². The Morgan fingerprint density at radius 2 is 1.93 bits per heavy atom. The Morgan fingerprint density at radius 1 is 1.21 bits per heavy atom. The second-order valence-corrected chi connectivity index (χ2v) is 3.09. The van der Waals surface area contributed by atoms with Crippen LogP contribution < -0.4 is 10.6 Å². The molecular weight excluding hydrogens is 186 g/mol. The van der Waals surface area contributed by atoms with Gasteiger partial charge in [-0.3, -0.25) is 0 Å². The standard InChI is InChI=1S/C10H10F2N2/c11-8-3-1-7(2-4-8)9-5-13-6-10(12)14-9/h1-5,10,13-14H,6H2. The number of rotatable bonds is 1. The van der Waals surface area contributed by atoms with E-state index in [2.05, 4.69) is 10.6 Å². The van der Waals surface area contributed by atoms with Crippen LogP contribution in [0.5, 0.6) is 0 Å². The average molecular weight is 196 g/mol. The number of halogens is 2. The Kier molecular flexibility index (Phi) is 2.35. The van der Waals surface area contributed by atoms with Crippen LogP contribution in [0.4, 0.5) is 8.78 Å².